The summed E-state index contributed by atoms with van der Waals surface area (Å²) >= 11 is 0. The Bertz CT molecular complexity index is 415. The number of hydrogen-bond acceptors (Lipinski definition) is 5. The molecule has 1 N–H and O–H groups in total. The van der Waals surface area contributed by atoms with Gasteiger partial charge in [0.05, 0.1) is 12.7 Å². The maximum Gasteiger partial charge on any atom is 0.169 e. The van der Waals surface area contributed by atoms with Crippen molar-refractivity contribution in [2.24, 2.45) is 14.1 Å². The minimum Gasteiger partial charge on any atom is -0.362 e. The van der Waals surface area contributed by atoms with Crippen LogP contribution >= 0.6 is 0 Å². The third-order valence-electron chi connectivity index (χ3n) is 1.79. The second-order valence-corrected chi connectivity index (χ2v) is 2.93. The Balaban J connectivity index is 1.98. The van der Waals surface area contributed by atoms with Crippen LogP contribution < -0.4 is 5.32 Å². The molecule has 0 aliphatic heterocycles. The second kappa shape index (κ2) is 3.44. The van der Waals surface area contributed by atoms with Crippen molar-refractivity contribution in [1.29, 1.82) is 0 Å². The Morgan fingerprint density at radius 2 is 2.29 bits per heavy atom. The number of hydrogen-bond donors (Lipinski definition) is 1. The first-order valence-corrected chi connectivity index (χ1v) is 4.19. The van der Waals surface area contributed by atoms with Gasteiger partial charge in [-0.05, 0) is 0 Å². The van der Waals surface area contributed by atoms with Gasteiger partial charge in [-0.1, -0.05) is 5.21 Å². The summed E-state index contributed by atoms with van der Waals surface area (Å²) < 4.78 is 3.32. The lowest BCUT2D eigenvalue weighted by Gasteiger charge is -2.01. The largest absolute Gasteiger partial charge is 0.362 e. The lowest BCUT2D eigenvalue weighted by Crippen LogP contribution is -2.06. The Hall–Kier alpha value is -1.92. The van der Waals surface area contributed by atoms with Gasteiger partial charge in [-0.15, -0.1) is 5.10 Å². The fourth-order valence-electron chi connectivity index (χ4n) is 1.08. The van der Waals surface area contributed by atoms with Crippen molar-refractivity contribution in [2.75, 3.05) is 5.32 Å². The average Bonchev–Trinajstić information content (AvgIpc) is 2.72. The molecule has 2 heterocycles. The number of rotatable bonds is 3. The van der Waals surface area contributed by atoms with Crippen LogP contribution in [0.15, 0.2) is 12.5 Å². The third-order valence-corrected chi connectivity index (χ3v) is 1.79. The van der Waals surface area contributed by atoms with Gasteiger partial charge >= 0.3 is 0 Å². The average molecular weight is 193 g/mol. The van der Waals surface area contributed by atoms with Crippen molar-refractivity contribution in [3.05, 3.63) is 18.3 Å². The van der Waals surface area contributed by atoms with E-state index in [1.807, 2.05) is 14.1 Å². The van der Waals surface area contributed by atoms with E-state index < -0.39 is 0 Å². The molecule has 0 aliphatic carbocycles. The highest BCUT2D eigenvalue weighted by atomic mass is 15.4. The summed E-state index contributed by atoms with van der Waals surface area (Å²) in [4.78, 5) is 4.08. The Morgan fingerprint density at radius 1 is 1.43 bits per heavy atom. The number of aromatic nitrogens is 6. The zero-order valence-electron chi connectivity index (χ0n) is 8.05. The monoisotopic (exact) mass is 193 g/mol. The molecule has 0 saturated carbocycles. The molecule has 0 radical (unpaired) electrons. The van der Waals surface area contributed by atoms with E-state index in [1.54, 1.807) is 21.9 Å². The summed E-state index contributed by atoms with van der Waals surface area (Å²) in [6.45, 7) is 0.571. The molecule has 74 valence electrons. The van der Waals surface area contributed by atoms with Gasteiger partial charge in [0.1, 0.15) is 12.1 Å². The van der Waals surface area contributed by atoms with Crippen molar-refractivity contribution in [3.63, 3.8) is 0 Å². The molecule has 0 fully saturated rings. The highest BCUT2D eigenvalue weighted by Crippen LogP contribution is 2.02. The van der Waals surface area contributed by atoms with Crippen LogP contribution in [0.4, 0.5) is 5.82 Å². The predicted octanol–water partition coefficient (Wildman–Crippen LogP) is -0.444. The van der Waals surface area contributed by atoms with Gasteiger partial charge in [0.2, 0.25) is 0 Å². The van der Waals surface area contributed by atoms with Crippen LogP contribution in [-0.4, -0.2) is 29.8 Å². The van der Waals surface area contributed by atoms with Crippen LogP contribution in [0.5, 0.6) is 0 Å². The summed E-state index contributed by atoms with van der Waals surface area (Å²) in [5.41, 5.74) is 0. The van der Waals surface area contributed by atoms with E-state index >= 15 is 0 Å². The van der Waals surface area contributed by atoms with Crippen molar-refractivity contribution < 1.29 is 0 Å². The van der Waals surface area contributed by atoms with Gasteiger partial charge in [0.15, 0.2) is 5.82 Å². The molecule has 0 amide bonds. The SMILES string of the molecule is Cn1cnc(CNc2cnnn2C)n1. The number of nitrogens with zero attached hydrogens (tertiary/aromatic N) is 6. The quantitative estimate of drug-likeness (QED) is 0.715. The molecule has 0 unspecified atom stereocenters. The summed E-state index contributed by atoms with van der Waals surface area (Å²) in [5, 5.41) is 14.8. The molecule has 0 aromatic carbocycles. The number of anilines is 1. The van der Waals surface area contributed by atoms with Crippen LogP contribution in [0, 0.1) is 0 Å². The summed E-state index contributed by atoms with van der Waals surface area (Å²) in [6, 6.07) is 0. The van der Waals surface area contributed by atoms with Crippen LogP contribution in [0.1, 0.15) is 5.82 Å². The van der Waals surface area contributed by atoms with Crippen LogP contribution in [0.2, 0.25) is 0 Å². The summed E-state index contributed by atoms with van der Waals surface area (Å²) in [6.07, 6.45) is 3.32. The van der Waals surface area contributed by atoms with E-state index in [9.17, 15) is 0 Å². The van der Waals surface area contributed by atoms with E-state index in [-0.39, 0.29) is 0 Å². The summed E-state index contributed by atoms with van der Waals surface area (Å²) in [5.74, 6) is 1.59. The van der Waals surface area contributed by atoms with Gasteiger partial charge in [-0.25, -0.2) is 9.67 Å². The van der Waals surface area contributed by atoms with Crippen molar-refractivity contribution in [2.45, 2.75) is 6.54 Å². The van der Waals surface area contributed by atoms with E-state index in [0.717, 1.165) is 11.6 Å². The normalized spacial score (nSPS) is 10.4. The molecule has 2 aromatic heterocycles. The maximum absolute atomic E-state index is 4.13. The molecule has 0 spiro atoms. The van der Waals surface area contributed by atoms with Gasteiger partial charge in [0, 0.05) is 14.1 Å². The second-order valence-electron chi connectivity index (χ2n) is 2.93. The van der Waals surface area contributed by atoms with E-state index in [4.69, 9.17) is 0 Å². The highest BCUT2D eigenvalue weighted by Gasteiger charge is 2.01. The standard InChI is InChI=1S/C7H11N7/c1-13-5-9-6(11-13)3-8-7-4-10-12-14(7)2/h4-5,8H,3H2,1-2H3. The zero-order chi connectivity index (χ0) is 9.97. The van der Waals surface area contributed by atoms with Crippen LogP contribution in [0.3, 0.4) is 0 Å². The molecular formula is C7H11N7. The van der Waals surface area contributed by atoms with Crippen LogP contribution in [0.25, 0.3) is 0 Å². The molecule has 14 heavy (non-hydrogen) atoms. The molecule has 2 rings (SSSR count). The zero-order valence-corrected chi connectivity index (χ0v) is 8.05. The first-order chi connectivity index (χ1) is 6.75. The fraction of sp³-hybridized carbons (Fsp3) is 0.429. The first-order valence-electron chi connectivity index (χ1n) is 4.19. The number of aryl methyl sites for hydroxylation is 2. The number of nitrogens with one attached hydrogen (secondary N) is 1. The van der Waals surface area contributed by atoms with E-state index in [0.29, 0.717) is 6.54 Å². The molecule has 0 atom stereocenters. The first kappa shape index (κ1) is 8.67. The van der Waals surface area contributed by atoms with Gasteiger partial charge < -0.3 is 5.32 Å². The Kier molecular flexibility index (Phi) is 2.13. The van der Waals surface area contributed by atoms with Crippen molar-refractivity contribution in [1.82, 2.24) is 29.8 Å². The Labute approximate surface area is 80.8 Å². The molecule has 7 nitrogen and oxygen atoms in total. The minimum absolute atomic E-state index is 0.571. The van der Waals surface area contributed by atoms with Crippen molar-refractivity contribution in [3.8, 4) is 0 Å². The third kappa shape index (κ3) is 1.70. The minimum atomic E-state index is 0.571. The highest BCUT2D eigenvalue weighted by molar-refractivity contribution is 5.30. The molecule has 0 aliphatic rings. The van der Waals surface area contributed by atoms with Crippen molar-refractivity contribution >= 4 is 5.82 Å². The molecular weight excluding hydrogens is 182 g/mol. The fourth-order valence-corrected chi connectivity index (χ4v) is 1.08. The van der Waals surface area contributed by atoms with E-state index in [1.165, 1.54) is 0 Å². The lowest BCUT2D eigenvalue weighted by molar-refractivity contribution is 0.712. The smallest absolute Gasteiger partial charge is 0.169 e. The van der Waals surface area contributed by atoms with Gasteiger partial charge in [0.25, 0.3) is 0 Å². The van der Waals surface area contributed by atoms with Crippen LogP contribution in [-0.2, 0) is 20.6 Å². The summed E-state index contributed by atoms with van der Waals surface area (Å²) in [7, 11) is 3.66. The lowest BCUT2D eigenvalue weighted by atomic mass is 10.6. The molecule has 7 heteroatoms. The maximum atomic E-state index is 4.13. The van der Waals surface area contributed by atoms with Gasteiger partial charge in [-0.3, -0.25) is 4.68 Å². The Morgan fingerprint density at radius 3 is 2.86 bits per heavy atom. The predicted molar refractivity (Wildman–Crippen MR) is 49.3 cm³/mol. The molecule has 0 bridgehead atoms. The van der Waals surface area contributed by atoms with E-state index in [2.05, 4.69) is 25.7 Å². The molecule has 0 saturated heterocycles. The molecule has 2 aromatic rings. The van der Waals surface area contributed by atoms with Gasteiger partial charge in [-0.2, -0.15) is 5.10 Å². The topological polar surface area (TPSA) is 73.5 Å².